The highest BCUT2D eigenvalue weighted by Gasteiger charge is 2.41. The SMILES string of the molecule is CN=C(NCc1ccc(C)c(OC)c1)NC1CC2CCC1O2.I. The summed E-state index contributed by atoms with van der Waals surface area (Å²) in [5.41, 5.74) is 2.32. The molecule has 2 saturated heterocycles. The topological polar surface area (TPSA) is 54.9 Å². The van der Waals surface area contributed by atoms with Crippen LogP contribution in [0.1, 0.15) is 30.4 Å². The Balaban J connectivity index is 0.00000192. The fraction of sp³-hybridized carbons (Fsp3) is 0.588. The van der Waals surface area contributed by atoms with Gasteiger partial charge in [-0.2, -0.15) is 0 Å². The highest BCUT2D eigenvalue weighted by molar-refractivity contribution is 14.0. The number of methoxy groups -OCH3 is 1. The van der Waals surface area contributed by atoms with E-state index in [0.717, 1.165) is 36.7 Å². The summed E-state index contributed by atoms with van der Waals surface area (Å²) >= 11 is 0. The lowest BCUT2D eigenvalue weighted by Crippen LogP contribution is -2.47. The summed E-state index contributed by atoms with van der Waals surface area (Å²) < 4.78 is 11.2. The molecule has 0 aliphatic carbocycles. The number of halogens is 1. The van der Waals surface area contributed by atoms with Gasteiger partial charge in [-0.15, -0.1) is 24.0 Å². The largest absolute Gasteiger partial charge is 0.496 e. The molecule has 23 heavy (non-hydrogen) atoms. The number of fused-ring (bicyclic) bond motifs is 2. The van der Waals surface area contributed by atoms with E-state index in [1.54, 1.807) is 14.2 Å². The van der Waals surface area contributed by atoms with E-state index in [2.05, 4.69) is 33.8 Å². The molecule has 2 aliphatic rings. The van der Waals surface area contributed by atoms with Crippen molar-refractivity contribution < 1.29 is 9.47 Å². The van der Waals surface area contributed by atoms with Crippen molar-refractivity contribution in [3.05, 3.63) is 29.3 Å². The maximum absolute atomic E-state index is 5.87. The number of hydrogen-bond acceptors (Lipinski definition) is 3. The van der Waals surface area contributed by atoms with Gasteiger partial charge in [-0.25, -0.2) is 0 Å². The van der Waals surface area contributed by atoms with E-state index in [1.807, 2.05) is 6.92 Å². The van der Waals surface area contributed by atoms with E-state index in [9.17, 15) is 0 Å². The number of nitrogens with one attached hydrogen (secondary N) is 2. The minimum Gasteiger partial charge on any atom is -0.496 e. The predicted octanol–water partition coefficient (Wildman–Crippen LogP) is 2.61. The van der Waals surface area contributed by atoms with Gasteiger partial charge in [-0.1, -0.05) is 12.1 Å². The molecule has 5 nitrogen and oxygen atoms in total. The lowest BCUT2D eigenvalue weighted by atomic mass is 9.96. The second-order valence-corrected chi connectivity index (χ2v) is 6.09. The van der Waals surface area contributed by atoms with Crippen molar-refractivity contribution in [3.63, 3.8) is 0 Å². The average Bonchev–Trinajstić information content (AvgIpc) is 3.15. The van der Waals surface area contributed by atoms with Gasteiger partial charge in [0.05, 0.1) is 25.4 Å². The zero-order valence-electron chi connectivity index (χ0n) is 14.0. The third kappa shape index (κ3) is 4.29. The molecule has 2 bridgehead atoms. The van der Waals surface area contributed by atoms with Crippen molar-refractivity contribution >= 4 is 29.9 Å². The number of nitrogens with zero attached hydrogens (tertiary/aromatic N) is 1. The van der Waals surface area contributed by atoms with Crippen molar-refractivity contribution in [2.24, 2.45) is 4.99 Å². The number of hydrogen-bond donors (Lipinski definition) is 2. The van der Waals surface area contributed by atoms with Crippen molar-refractivity contribution in [1.82, 2.24) is 10.6 Å². The van der Waals surface area contributed by atoms with E-state index in [-0.39, 0.29) is 24.0 Å². The molecule has 3 unspecified atom stereocenters. The van der Waals surface area contributed by atoms with Crippen LogP contribution in [0.3, 0.4) is 0 Å². The normalized spacial score (nSPS) is 25.9. The first-order chi connectivity index (χ1) is 10.7. The van der Waals surface area contributed by atoms with E-state index >= 15 is 0 Å². The lowest BCUT2D eigenvalue weighted by Gasteiger charge is -2.22. The fourth-order valence-corrected chi connectivity index (χ4v) is 3.32. The van der Waals surface area contributed by atoms with E-state index < -0.39 is 0 Å². The molecular weight excluding hydrogens is 405 g/mol. The molecule has 0 amide bonds. The van der Waals surface area contributed by atoms with Crippen molar-refractivity contribution in [2.75, 3.05) is 14.2 Å². The molecule has 3 atom stereocenters. The molecule has 0 aromatic heterocycles. The number of guanidine groups is 1. The molecule has 2 heterocycles. The first-order valence-corrected chi connectivity index (χ1v) is 7.95. The Morgan fingerprint density at radius 1 is 1.39 bits per heavy atom. The molecule has 0 radical (unpaired) electrons. The Bertz CT molecular complexity index is 565. The molecule has 2 fully saturated rings. The fourth-order valence-electron chi connectivity index (χ4n) is 3.32. The van der Waals surface area contributed by atoms with Crippen molar-refractivity contribution in [1.29, 1.82) is 0 Å². The number of ether oxygens (including phenoxy) is 2. The van der Waals surface area contributed by atoms with Gasteiger partial charge in [0.15, 0.2) is 5.96 Å². The van der Waals surface area contributed by atoms with Crippen LogP contribution in [-0.2, 0) is 11.3 Å². The molecule has 6 heteroatoms. The minimum atomic E-state index is 0. The summed E-state index contributed by atoms with van der Waals surface area (Å²) in [5, 5.41) is 6.86. The molecule has 2 aliphatic heterocycles. The summed E-state index contributed by atoms with van der Waals surface area (Å²) in [6, 6.07) is 6.64. The third-order valence-corrected chi connectivity index (χ3v) is 4.58. The standard InChI is InChI=1S/C17H25N3O2.HI/c1-11-4-5-12(8-16(11)21-3)10-19-17(18-2)20-14-9-13-6-7-15(14)22-13;/h4-5,8,13-15H,6-7,9-10H2,1-3H3,(H2,18,19,20);1H. The van der Waals surface area contributed by atoms with Crippen LogP contribution in [0.5, 0.6) is 5.75 Å². The third-order valence-electron chi connectivity index (χ3n) is 4.58. The second kappa shape index (κ2) is 8.19. The Morgan fingerprint density at radius 2 is 2.22 bits per heavy atom. The summed E-state index contributed by atoms with van der Waals surface area (Å²) in [7, 11) is 3.51. The number of rotatable bonds is 4. The predicted molar refractivity (Wildman–Crippen MR) is 103 cm³/mol. The van der Waals surface area contributed by atoms with E-state index in [1.165, 1.54) is 12.0 Å². The van der Waals surface area contributed by atoms with E-state index in [0.29, 0.717) is 18.2 Å². The van der Waals surface area contributed by atoms with Crippen LogP contribution in [0.2, 0.25) is 0 Å². The highest BCUT2D eigenvalue weighted by Crippen LogP contribution is 2.34. The van der Waals surface area contributed by atoms with Crippen LogP contribution in [-0.4, -0.2) is 38.4 Å². The Hall–Kier alpha value is -1.02. The maximum atomic E-state index is 5.87. The molecule has 0 saturated carbocycles. The van der Waals surface area contributed by atoms with Gasteiger partial charge in [0.1, 0.15) is 5.75 Å². The second-order valence-electron chi connectivity index (χ2n) is 6.09. The van der Waals surface area contributed by atoms with Crippen LogP contribution in [0.25, 0.3) is 0 Å². The van der Waals surface area contributed by atoms with Crippen molar-refractivity contribution in [2.45, 2.75) is 51.0 Å². The molecule has 0 spiro atoms. The molecule has 1 aromatic carbocycles. The molecular formula is C17H26IN3O2. The van der Waals surface area contributed by atoms with Gasteiger partial charge >= 0.3 is 0 Å². The van der Waals surface area contributed by atoms with Gasteiger partial charge in [0.2, 0.25) is 0 Å². The first kappa shape index (κ1) is 18.3. The minimum absolute atomic E-state index is 0. The van der Waals surface area contributed by atoms with Gasteiger partial charge in [-0.05, 0) is 43.4 Å². The summed E-state index contributed by atoms with van der Waals surface area (Å²) in [6.45, 7) is 2.77. The number of benzene rings is 1. The van der Waals surface area contributed by atoms with Crippen LogP contribution >= 0.6 is 24.0 Å². The van der Waals surface area contributed by atoms with Crippen LogP contribution < -0.4 is 15.4 Å². The summed E-state index contributed by atoms with van der Waals surface area (Å²) in [6.07, 6.45) is 4.25. The van der Waals surface area contributed by atoms with Crippen LogP contribution in [0, 0.1) is 6.92 Å². The highest BCUT2D eigenvalue weighted by atomic mass is 127. The lowest BCUT2D eigenvalue weighted by molar-refractivity contribution is 0.0992. The smallest absolute Gasteiger partial charge is 0.191 e. The van der Waals surface area contributed by atoms with Crippen LogP contribution in [0.4, 0.5) is 0 Å². The zero-order chi connectivity index (χ0) is 15.5. The average molecular weight is 431 g/mol. The van der Waals surface area contributed by atoms with E-state index in [4.69, 9.17) is 9.47 Å². The maximum Gasteiger partial charge on any atom is 0.191 e. The number of aliphatic imine (C=N–C) groups is 1. The summed E-state index contributed by atoms with van der Waals surface area (Å²) in [5.74, 6) is 1.75. The molecule has 2 N–H and O–H groups in total. The van der Waals surface area contributed by atoms with Gasteiger partial charge < -0.3 is 20.1 Å². The number of aryl methyl sites for hydroxylation is 1. The Kier molecular flexibility index (Phi) is 6.52. The Labute approximate surface area is 155 Å². The van der Waals surface area contributed by atoms with Crippen molar-refractivity contribution in [3.8, 4) is 5.75 Å². The summed E-state index contributed by atoms with van der Waals surface area (Å²) in [4.78, 5) is 4.32. The quantitative estimate of drug-likeness (QED) is 0.437. The monoisotopic (exact) mass is 431 g/mol. The van der Waals surface area contributed by atoms with Gasteiger partial charge in [0.25, 0.3) is 0 Å². The molecule has 1 aromatic rings. The molecule has 128 valence electrons. The Morgan fingerprint density at radius 3 is 2.83 bits per heavy atom. The zero-order valence-corrected chi connectivity index (χ0v) is 16.3. The first-order valence-electron chi connectivity index (χ1n) is 7.95. The molecule has 3 rings (SSSR count). The van der Waals surface area contributed by atoms with Crippen LogP contribution in [0.15, 0.2) is 23.2 Å². The van der Waals surface area contributed by atoms with Gasteiger partial charge in [0, 0.05) is 13.6 Å². The van der Waals surface area contributed by atoms with Gasteiger partial charge in [-0.3, -0.25) is 4.99 Å².